The molecule has 2 aromatic rings. The van der Waals surface area contributed by atoms with E-state index in [0.717, 1.165) is 21.7 Å². The van der Waals surface area contributed by atoms with Gasteiger partial charge >= 0.3 is 11.9 Å². The van der Waals surface area contributed by atoms with Crippen LogP contribution in [0.3, 0.4) is 0 Å². The standard InChI is InChI=1S/C18H21NO5S2/c1-4-13-11(3)16(18(22)23-5-2)17(26-13)19-14(20)10-24-15(21)9-12-7-6-8-25-12/h6-8H,4-5,9-10H2,1-3H3,(H,19,20). The lowest BCUT2D eigenvalue weighted by Crippen LogP contribution is -2.22. The van der Waals surface area contributed by atoms with E-state index in [1.165, 1.54) is 22.7 Å². The molecule has 0 aliphatic rings. The Morgan fingerprint density at radius 3 is 2.58 bits per heavy atom. The summed E-state index contributed by atoms with van der Waals surface area (Å²) >= 11 is 2.79. The molecule has 2 rings (SSSR count). The molecule has 0 spiro atoms. The summed E-state index contributed by atoms with van der Waals surface area (Å²) in [5, 5.41) is 4.96. The number of esters is 2. The van der Waals surface area contributed by atoms with E-state index in [-0.39, 0.29) is 13.0 Å². The van der Waals surface area contributed by atoms with Gasteiger partial charge in [-0.2, -0.15) is 0 Å². The predicted molar refractivity (Wildman–Crippen MR) is 102 cm³/mol. The van der Waals surface area contributed by atoms with Crippen LogP contribution in [0.5, 0.6) is 0 Å². The SMILES string of the molecule is CCOC(=O)c1c(NC(=O)COC(=O)Cc2cccs2)sc(CC)c1C. The first-order valence-electron chi connectivity index (χ1n) is 8.23. The van der Waals surface area contributed by atoms with Gasteiger partial charge in [-0.05, 0) is 37.3 Å². The lowest BCUT2D eigenvalue weighted by atomic mass is 10.1. The minimum atomic E-state index is -0.487. The molecule has 6 nitrogen and oxygen atoms in total. The van der Waals surface area contributed by atoms with Gasteiger partial charge in [-0.25, -0.2) is 4.79 Å². The Morgan fingerprint density at radius 1 is 1.19 bits per heavy atom. The highest BCUT2D eigenvalue weighted by molar-refractivity contribution is 7.17. The number of anilines is 1. The number of hydrogen-bond donors (Lipinski definition) is 1. The van der Waals surface area contributed by atoms with E-state index in [9.17, 15) is 14.4 Å². The van der Waals surface area contributed by atoms with Crippen molar-refractivity contribution < 1.29 is 23.9 Å². The van der Waals surface area contributed by atoms with E-state index in [1.807, 2.05) is 31.4 Å². The molecule has 1 N–H and O–H groups in total. The lowest BCUT2D eigenvalue weighted by Gasteiger charge is -2.07. The summed E-state index contributed by atoms with van der Waals surface area (Å²) in [5.74, 6) is -1.42. The summed E-state index contributed by atoms with van der Waals surface area (Å²) in [6.07, 6.45) is 0.881. The number of carbonyl (C=O) groups is 3. The molecular weight excluding hydrogens is 374 g/mol. The fourth-order valence-corrected chi connectivity index (χ4v) is 4.19. The molecule has 0 radical (unpaired) electrons. The first-order valence-corrected chi connectivity index (χ1v) is 9.93. The van der Waals surface area contributed by atoms with Crippen LogP contribution in [0.1, 0.15) is 39.5 Å². The third kappa shape index (κ3) is 5.15. The zero-order valence-electron chi connectivity index (χ0n) is 14.9. The molecule has 0 atom stereocenters. The van der Waals surface area contributed by atoms with Crippen molar-refractivity contribution in [2.75, 3.05) is 18.5 Å². The number of aryl methyl sites for hydroxylation is 1. The van der Waals surface area contributed by atoms with Gasteiger partial charge in [-0.15, -0.1) is 22.7 Å². The fraction of sp³-hybridized carbons (Fsp3) is 0.389. The van der Waals surface area contributed by atoms with Gasteiger partial charge in [0.2, 0.25) is 0 Å². The van der Waals surface area contributed by atoms with E-state index in [4.69, 9.17) is 9.47 Å². The van der Waals surface area contributed by atoms with Gasteiger partial charge in [0.25, 0.3) is 5.91 Å². The largest absolute Gasteiger partial charge is 0.462 e. The second-order valence-electron chi connectivity index (χ2n) is 5.39. The second kappa shape index (κ2) is 9.49. The Bertz CT molecular complexity index is 780. The summed E-state index contributed by atoms with van der Waals surface area (Å²) in [6, 6.07) is 3.68. The zero-order valence-corrected chi connectivity index (χ0v) is 16.6. The molecule has 0 fully saturated rings. The van der Waals surface area contributed by atoms with Crippen LogP contribution in [-0.4, -0.2) is 31.1 Å². The number of ether oxygens (including phenoxy) is 2. The molecule has 0 saturated heterocycles. The first-order chi connectivity index (χ1) is 12.5. The molecule has 26 heavy (non-hydrogen) atoms. The zero-order chi connectivity index (χ0) is 19.1. The molecule has 0 unspecified atom stereocenters. The van der Waals surface area contributed by atoms with Crippen LogP contribution >= 0.6 is 22.7 Å². The molecule has 2 heterocycles. The van der Waals surface area contributed by atoms with Crippen molar-refractivity contribution in [3.8, 4) is 0 Å². The number of hydrogen-bond acceptors (Lipinski definition) is 7. The molecule has 0 aliphatic heterocycles. The summed E-state index contributed by atoms with van der Waals surface area (Å²) in [4.78, 5) is 38.0. The minimum absolute atomic E-state index is 0.136. The first kappa shape index (κ1) is 20.1. The van der Waals surface area contributed by atoms with Crippen LogP contribution in [0.25, 0.3) is 0 Å². The molecule has 0 aromatic carbocycles. The Morgan fingerprint density at radius 2 is 1.96 bits per heavy atom. The van der Waals surface area contributed by atoms with Gasteiger partial charge in [0, 0.05) is 9.75 Å². The number of rotatable bonds is 8. The molecule has 2 aromatic heterocycles. The summed E-state index contributed by atoms with van der Waals surface area (Å²) in [7, 11) is 0. The summed E-state index contributed by atoms with van der Waals surface area (Å²) < 4.78 is 10.1. The van der Waals surface area contributed by atoms with Gasteiger partial charge in [0.05, 0.1) is 18.6 Å². The lowest BCUT2D eigenvalue weighted by molar-refractivity contribution is -0.146. The van der Waals surface area contributed by atoms with Crippen molar-refractivity contribution in [1.82, 2.24) is 0 Å². The van der Waals surface area contributed by atoms with Crippen LogP contribution < -0.4 is 5.32 Å². The van der Waals surface area contributed by atoms with Crippen LogP contribution in [-0.2, 0) is 31.9 Å². The number of carbonyl (C=O) groups excluding carboxylic acids is 3. The van der Waals surface area contributed by atoms with Gasteiger partial charge in [-0.1, -0.05) is 13.0 Å². The second-order valence-corrected chi connectivity index (χ2v) is 7.53. The van der Waals surface area contributed by atoms with Crippen molar-refractivity contribution in [3.63, 3.8) is 0 Å². The normalized spacial score (nSPS) is 10.4. The number of amides is 1. The van der Waals surface area contributed by atoms with Gasteiger partial charge in [-0.3, -0.25) is 9.59 Å². The summed E-state index contributed by atoms with van der Waals surface area (Å²) in [6.45, 7) is 5.39. The molecule has 140 valence electrons. The van der Waals surface area contributed by atoms with Crippen molar-refractivity contribution in [3.05, 3.63) is 38.4 Å². The van der Waals surface area contributed by atoms with Gasteiger partial charge < -0.3 is 14.8 Å². The van der Waals surface area contributed by atoms with E-state index >= 15 is 0 Å². The Hall–Kier alpha value is -2.19. The molecule has 0 bridgehead atoms. The maximum absolute atomic E-state index is 12.2. The van der Waals surface area contributed by atoms with E-state index in [1.54, 1.807) is 6.92 Å². The van der Waals surface area contributed by atoms with Crippen LogP contribution in [0.15, 0.2) is 17.5 Å². The van der Waals surface area contributed by atoms with Crippen LogP contribution in [0, 0.1) is 6.92 Å². The third-order valence-corrected chi connectivity index (χ3v) is 5.79. The van der Waals surface area contributed by atoms with Gasteiger partial charge in [0.1, 0.15) is 5.00 Å². The number of nitrogens with one attached hydrogen (secondary N) is 1. The van der Waals surface area contributed by atoms with E-state index < -0.39 is 24.5 Å². The maximum atomic E-state index is 12.2. The van der Waals surface area contributed by atoms with Crippen molar-refractivity contribution in [1.29, 1.82) is 0 Å². The molecule has 0 saturated carbocycles. The average Bonchev–Trinajstić information content (AvgIpc) is 3.21. The summed E-state index contributed by atoms with van der Waals surface area (Å²) in [5.41, 5.74) is 1.17. The van der Waals surface area contributed by atoms with Crippen molar-refractivity contribution in [2.45, 2.75) is 33.6 Å². The van der Waals surface area contributed by atoms with Crippen LogP contribution in [0.4, 0.5) is 5.00 Å². The van der Waals surface area contributed by atoms with E-state index in [2.05, 4.69) is 5.32 Å². The highest BCUT2D eigenvalue weighted by Crippen LogP contribution is 2.34. The molecule has 0 aliphatic carbocycles. The minimum Gasteiger partial charge on any atom is -0.462 e. The Labute approximate surface area is 160 Å². The average molecular weight is 396 g/mol. The number of thiophene rings is 2. The van der Waals surface area contributed by atoms with E-state index in [0.29, 0.717) is 10.6 Å². The van der Waals surface area contributed by atoms with Gasteiger partial charge in [0.15, 0.2) is 6.61 Å². The third-order valence-electron chi connectivity index (χ3n) is 3.56. The smallest absolute Gasteiger partial charge is 0.341 e. The molecule has 1 amide bonds. The molecule has 8 heteroatoms. The Balaban J connectivity index is 1.99. The van der Waals surface area contributed by atoms with Crippen molar-refractivity contribution >= 4 is 45.5 Å². The quantitative estimate of drug-likeness (QED) is 0.691. The maximum Gasteiger partial charge on any atom is 0.341 e. The fourth-order valence-electron chi connectivity index (χ4n) is 2.35. The predicted octanol–water partition coefficient (Wildman–Crippen LogP) is 3.58. The van der Waals surface area contributed by atoms with Crippen molar-refractivity contribution in [2.24, 2.45) is 0 Å². The highest BCUT2D eigenvalue weighted by atomic mass is 32.1. The molecular formula is C18H21NO5S2. The highest BCUT2D eigenvalue weighted by Gasteiger charge is 2.23. The topological polar surface area (TPSA) is 81.7 Å². The monoisotopic (exact) mass is 395 g/mol. The van der Waals surface area contributed by atoms with Crippen LogP contribution in [0.2, 0.25) is 0 Å². The Kier molecular flexibility index (Phi) is 7.35.